The number of hydrogen-bond donors (Lipinski definition) is 3. The molecule has 0 aliphatic rings. The summed E-state index contributed by atoms with van der Waals surface area (Å²) in [6.07, 6.45) is 0.876. The Kier molecular flexibility index (Phi) is 7.18. The molecule has 0 aliphatic carbocycles. The average molecular weight is 359 g/mol. The summed E-state index contributed by atoms with van der Waals surface area (Å²) < 4.78 is 5.81. The lowest BCUT2D eigenvalue weighted by molar-refractivity contribution is -0.139. The molecule has 0 heterocycles. The number of rotatable bonds is 7. The van der Waals surface area contributed by atoms with E-state index < -0.39 is 18.0 Å². The molecule has 1 rings (SSSR count). The number of carbonyl (C=O) groups is 2. The van der Waals surface area contributed by atoms with Crippen LogP contribution in [0.15, 0.2) is 22.7 Å². The SMILES string of the molecule is COCCCC(NC(=O)Nc1ccc(Br)c(C)c1)C(=O)O. The molecule has 21 heavy (non-hydrogen) atoms. The maximum Gasteiger partial charge on any atom is 0.326 e. The number of methoxy groups -OCH3 is 1. The molecule has 1 aromatic carbocycles. The predicted octanol–water partition coefficient (Wildman–Crippen LogP) is 2.76. The van der Waals surface area contributed by atoms with Gasteiger partial charge in [0.05, 0.1) is 0 Å². The van der Waals surface area contributed by atoms with Gasteiger partial charge in [0, 0.05) is 23.9 Å². The summed E-state index contributed by atoms with van der Waals surface area (Å²) in [4.78, 5) is 22.9. The van der Waals surface area contributed by atoms with E-state index in [1.165, 1.54) is 0 Å². The minimum absolute atomic E-state index is 0.315. The summed E-state index contributed by atoms with van der Waals surface area (Å²) in [5.41, 5.74) is 1.58. The van der Waals surface area contributed by atoms with Crippen molar-refractivity contribution in [3.8, 4) is 0 Å². The number of hydrogen-bond acceptors (Lipinski definition) is 3. The van der Waals surface area contributed by atoms with E-state index in [1.807, 2.05) is 13.0 Å². The molecule has 0 bridgehead atoms. The fourth-order valence-corrected chi connectivity index (χ4v) is 1.98. The van der Waals surface area contributed by atoms with Crippen LogP contribution in [0.4, 0.5) is 10.5 Å². The highest BCUT2D eigenvalue weighted by atomic mass is 79.9. The maximum absolute atomic E-state index is 11.8. The van der Waals surface area contributed by atoms with Crippen LogP contribution < -0.4 is 10.6 Å². The van der Waals surface area contributed by atoms with Crippen LogP contribution in [0.25, 0.3) is 0 Å². The second-order valence-corrected chi connectivity index (χ2v) is 5.44. The van der Waals surface area contributed by atoms with Crippen LogP contribution in [0, 0.1) is 6.92 Å². The summed E-state index contributed by atoms with van der Waals surface area (Å²) in [6.45, 7) is 2.36. The van der Waals surface area contributed by atoms with Crippen molar-refractivity contribution in [3.63, 3.8) is 0 Å². The number of aliphatic carboxylic acids is 1. The van der Waals surface area contributed by atoms with Crippen LogP contribution in [0.3, 0.4) is 0 Å². The average Bonchev–Trinajstić information content (AvgIpc) is 2.42. The van der Waals surface area contributed by atoms with Gasteiger partial charge < -0.3 is 20.5 Å². The van der Waals surface area contributed by atoms with Crippen molar-refractivity contribution < 1.29 is 19.4 Å². The van der Waals surface area contributed by atoms with Crippen LogP contribution in [0.5, 0.6) is 0 Å². The molecule has 6 nitrogen and oxygen atoms in total. The van der Waals surface area contributed by atoms with E-state index in [0.29, 0.717) is 25.1 Å². The monoisotopic (exact) mass is 358 g/mol. The first-order chi connectivity index (χ1) is 9.93. The molecule has 1 atom stereocenters. The zero-order valence-corrected chi connectivity index (χ0v) is 13.6. The number of nitrogens with one attached hydrogen (secondary N) is 2. The topological polar surface area (TPSA) is 87.7 Å². The van der Waals surface area contributed by atoms with Gasteiger partial charge in [-0.15, -0.1) is 0 Å². The van der Waals surface area contributed by atoms with Gasteiger partial charge in [-0.25, -0.2) is 9.59 Å². The first-order valence-electron chi connectivity index (χ1n) is 6.49. The third-order valence-corrected chi connectivity index (χ3v) is 3.75. The minimum atomic E-state index is -1.06. The molecule has 1 unspecified atom stereocenters. The Bertz CT molecular complexity index is 508. The van der Waals surface area contributed by atoms with E-state index in [0.717, 1.165) is 10.0 Å². The maximum atomic E-state index is 11.8. The van der Waals surface area contributed by atoms with E-state index in [9.17, 15) is 9.59 Å². The number of benzene rings is 1. The molecule has 0 saturated heterocycles. The van der Waals surface area contributed by atoms with Gasteiger partial charge in [0.25, 0.3) is 0 Å². The van der Waals surface area contributed by atoms with E-state index in [1.54, 1.807) is 19.2 Å². The molecule has 7 heteroatoms. The lowest BCUT2D eigenvalue weighted by Gasteiger charge is -2.15. The second-order valence-electron chi connectivity index (χ2n) is 4.59. The second kappa shape index (κ2) is 8.63. The van der Waals surface area contributed by atoms with Crippen LogP contribution in [-0.4, -0.2) is 36.9 Å². The van der Waals surface area contributed by atoms with E-state index in [4.69, 9.17) is 9.84 Å². The van der Waals surface area contributed by atoms with Crippen molar-refractivity contribution in [2.45, 2.75) is 25.8 Å². The highest BCUT2D eigenvalue weighted by Crippen LogP contribution is 2.19. The van der Waals surface area contributed by atoms with Gasteiger partial charge in [0.2, 0.25) is 0 Å². The number of carboxylic acids is 1. The van der Waals surface area contributed by atoms with Crippen molar-refractivity contribution in [1.82, 2.24) is 5.32 Å². The van der Waals surface area contributed by atoms with Crippen molar-refractivity contribution in [2.24, 2.45) is 0 Å². The quantitative estimate of drug-likeness (QED) is 0.654. The summed E-state index contributed by atoms with van der Waals surface area (Å²) in [5, 5.41) is 14.1. The molecule has 0 spiro atoms. The fourth-order valence-electron chi connectivity index (χ4n) is 1.74. The Morgan fingerprint density at radius 3 is 2.71 bits per heavy atom. The van der Waals surface area contributed by atoms with Gasteiger partial charge in [-0.3, -0.25) is 0 Å². The van der Waals surface area contributed by atoms with Crippen molar-refractivity contribution in [1.29, 1.82) is 0 Å². The number of ether oxygens (including phenoxy) is 1. The van der Waals surface area contributed by atoms with Crippen LogP contribution in [0.2, 0.25) is 0 Å². The third-order valence-electron chi connectivity index (χ3n) is 2.86. The lowest BCUT2D eigenvalue weighted by atomic mass is 10.1. The zero-order valence-electron chi connectivity index (χ0n) is 12.0. The van der Waals surface area contributed by atoms with E-state index in [2.05, 4.69) is 26.6 Å². The molecule has 0 aliphatic heterocycles. The number of amides is 2. The first kappa shape index (κ1) is 17.5. The fraction of sp³-hybridized carbons (Fsp3) is 0.429. The zero-order chi connectivity index (χ0) is 15.8. The molecular formula is C14H19BrN2O4. The molecule has 0 aromatic heterocycles. The Balaban J connectivity index is 2.56. The highest BCUT2D eigenvalue weighted by molar-refractivity contribution is 9.10. The van der Waals surface area contributed by atoms with Gasteiger partial charge in [-0.05, 0) is 43.5 Å². The molecular weight excluding hydrogens is 340 g/mol. The number of carboxylic acid groups (broad SMARTS) is 1. The summed E-state index contributed by atoms with van der Waals surface area (Å²) >= 11 is 3.37. The minimum Gasteiger partial charge on any atom is -0.480 e. The van der Waals surface area contributed by atoms with Crippen molar-refractivity contribution >= 4 is 33.6 Å². The van der Waals surface area contributed by atoms with Gasteiger partial charge in [0.1, 0.15) is 6.04 Å². The number of aryl methyl sites for hydroxylation is 1. The summed E-state index contributed by atoms with van der Waals surface area (Å²) in [7, 11) is 1.55. The Morgan fingerprint density at radius 1 is 1.43 bits per heavy atom. The summed E-state index contributed by atoms with van der Waals surface area (Å²) in [6, 6.07) is 3.87. The van der Waals surface area contributed by atoms with Gasteiger partial charge in [-0.2, -0.15) is 0 Å². The normalized spacial score (nSPS) is 11.8. The molecule has 2 amide bonds. The van der Waals surface area contributed by atoms with E-state index >= 15 is 0 Å². The Hall–Kier alpha value is -1.60. The largest absolute Gasteiger partial charge is 0.480 e. The number of carbonyl (C=O) groups excluding carboxylic acids is 1. The van der Waals surface area contributed by atoms with Crippen LogP contribution >= 0.6 is 15.9 Å². The summed E-state index contributed by atoms with van der Waals surface area (Å²) in [5.74, 6) is -1.06. The Labute approximate surface area is 132 Å². The van der Waals surface area contributed by atoms with Crippen LogP contribution in [-0.2, 0) is 9.53 Å². The van der Waals surface area contributed by atoms with Gasteiger partial charge in [-0.1, -0.05) is 15.9 Å². The number of halogens is 1. The molecule has 116 valence electrons. The predicted molar refractivity (Wildman–Crippen MR) is 83.6 cm³/mol. The highest BCUT2D eigenvalue weighted by Gasteiger charge is 2.19. The number of anilines is 1. The van der Waals surface area contributed by atoms with Gasteiger partial charge in [0.15, 0.2) is 0 Å². The lowest BCUT2D eigenvalue weighted by Crippen LogP contribution is -2.43. The molecule has 0 radical (unpaired) electrons. The first-order valence-corrected chi connectivity index (χ1v) is 7.28. The standard InChI is InChI=1S/C14H19BrN2O4/c1-9-8-10(5-6-11(9)15)16-14(20)17-12(13(18)19)4-3-7-21-2/h5-6,8,12H,3-4,7H2,1-2H3,(H,18,19)(H2,16,17,20). The molecule has 0 fully saturated rings. The van der Waals surface area contributed by atoms with Crippen molar-refractivity contribution in [2.75, 3.05) is 19.0 Å². The van der Waals surface area contributed by atoms with Gasteiger partial charge >= 0.3 is 12.0 Å². The van der Waals surface area contributed by atoms with Crippen molar-refractivity contribution in [3.05, 3.63) is 28.2 Å². The van der Waals surface area contributed by atoms with E-state index in [-0.39, 0.29) is 0 Å². The number of urea groups is 1. The molecule has 0 saturated carbocycles. The van der Waals surface area contributed by atoms with Crippen LogP contribution in [0.1, 0.15) is 18.4 Å². The smallest absolute Gasteiger partial charge is 0.326 e. The molecule has 3 N–H and O–H groups in total. The third kappa shape index (κ3) is 6.14. The molecule has 1 aromatic rings. The Morgan fingerprint density at radius 2 is 2.14 bits per heavy atom.